The molecule has 1 N–H and O–H groups in total. The fraction of sp³-hybridized carbons (Fsp3) is 0.600. The molecule has 1 saturated heterocycles. The summed E-state index contributed by atoms with van der Waals surface area (Å²) in [5, 5.41) is 2.62. The Kier molecular flexibility index (Phi) is 6.88. The molecular formula is C20H30N2O5S. The highest BCUT2D eigenvalue weighted by molar-refractivity contribution is 7.89. The van der Waals surface area contributed by atoms with Crippen molar-refractivity contribution in [3.05, 3.63) is 29.8 Å². The number of ether oxygens (including phenoxy) is 1. The van der Waals surface area contributed by atoms with Crippen LogP contribution in [-0.4, -0.2) is 48.8 Å². The number of amides is 1. The smallest absolute Gasteiger partial charge is 0.328 e. The normalized spacial score (nSPS) is 19.7. The van der Waals surface area contributed by atoms with Gasteiger partial charge in [-0.1, -0.05) is 24.1 Å². The van der Waals surface area contributed by atoms with Gasteiger partial charge >= 0.3 is 5.97 Å². The third-order valence-corrected chi connectivity index (χ3v) is 6.43. The Morgan fingerprint density at radius 2 is 1.79 bits per heavy atom. The number of aryl methyl sites for hydroxylation is 1. The van der Waals surface area contributed by atoms with Crippen LogP contribution >= 0.6 is 0 Å². The lowest BCUT2D eigenvalue weighted by atomic mass is 10.0. The van der Waals surface area contributed by atoms with E-state index in [9.17, 15) is 18.0 Å². The lowest BCUT2D eigenvalue weighted by molar-refractivity contribution is -0.158. The lowest BCUT2D eigenvalue weighted by Gasteiger charge is -2.34. The van der Waals surface area contributed by atoms with E-state index in [1.165, 1.54) is 11.2 Å². The molecule has 0 bridgehead atoms. The molecule has 2 rings (SSSR count). The van der Waals surface area contributed by atoms with Gasteiger partial charge in [-0.2, -0.15) is 4.31 Å². The van der Waals surface area contributed by atoms with Crippen molar-refractivity contribution in [2.24, 2.45) is 0 Å². The number of carbonyl (C=O) groups is 2. The van der Waals surface area contributed by atoms with Crippen LogP contribution in [-0.2, 0) is 24.3 Å². The first-order valence-electron chi connectivity index (χ1n) is 9.53. The third kappa shape index (κ3) is 5.54. The fourth-order valence-electron chi connectivity index (χ4n) is 3.06. The van der Waals surface area contributed by atoms with Crippen LogP contribution in [0.15, 0.2) is 29.2 Å². The van der Waals surface area contributed by atoms with Gasteiger partial charge in [-0.05, 0) is 59.6 Å². The van der Waals surface area contributed by atoms with Gasteiger partial charge in [-0.15, -0.1) is 0 Å². The number of piperidine rings is 1. The van der Waals surface area contributed by atoms with Crippen molar-refractivity contribution in [3.8, 4) is 0 Å². The summed E-state index contributed by atoms with van der Waals surface area (Å²) in [6.07, 6.45) is 1.85. The average molecular weight is 411 g/mol. The Morgan fingerprint density at radius 3 is 2.36 bits per heavy atom. The second-order valence-electron chi connectivity index (χ2n) is 8.20. The minimum absolute atomic E-state index is 0.165. The molecule has 156 valence electrons. The molecular weight excluding hydrogens is 380 g/mol. The maximum atomic E-state index is 13.1. The van der Waals surface area contributed by atoms with Crippen molar-refractivity contribution < 1.29 is 22.7 Å². The number of benzene rings is 1. The standard InChI is InChI=1S/C20H30N2O5S/c1-14-9-11-16(12-10-14)28(25,26)22-13-7-6-8-17(22)18(23)21-15(2)19(24)27-20(3,4)5/h9-12,15,17H,6-8,13H2,1-5H3,(H,21,23)/t15-,17-/m1/s1. The fourth-order valence-corrected chi connectivity index (χ4v) is 4.72. The molecule has 1 aliphatic heterocycles. The van der Waals surface area contributed by atoms with Crippen LogP contribution in [0.1, 0.15) is 52.5 Å². The average Bonchev–Trinajstić information content (AvgIpc) is 2.60. The quantitative estimate of drug-likeness (QED) is 0.753. The monoisotopic (exact) mass is 410 g/mol. The van der Waals surface area contributed by atoms with E-state index in [0.717, 1.165) is 12.0 Å². The number of nitrogens with one attached hydrogen (secondary N) is 1. The van der Waals surface area contributed by atoms with Crippen molar-refractivity contribution in [2.45, 2.75) is 76.5 Å². The molecule has 7 nitrogen and oxygen atoms in total. The number of carbonyl (C=O) groups excluding carboxylic acids is 2. The van der Waals surface area contributed by atoms with Gasteiger partial charge in [0.25, 0.3) is 0 Å². The van der Waals surface area contributed by atoms with Crippen LogP contribution in [0.4, 0.5) is 0 Å². The number of hydrogen-bond donors (Lipinski definition) is 1. The van der Waals surface area contributed by atoms with Crippen molar-refractivity contribution in [2.75, 3.05) is 6.54 Å². The minimum atomic E-state index is -3.80. The van der Waals surface area contributed by atoms with Gasteiger partial charge in [-0.25, -0.2) is 13.2 Å². The van der Waals surface area contributed by atoms with Gasteiger partial charge in [0.05, 0.1) is 4.90 Å². The topological polar surface area (TPSA) is 92.8 Å². The maximum absolute atomic E-state index is 13.1. The molecule has 1 fully saturated rings. The van der Waals surface area contributed by atoms with Gasteiger partial charge < -0.3 is 10.1 Å². The molecule has 1 aliphatic rings. The summed E-state index contributed by atoms with van der Waals surface area (Å²) in [5.41, 5.74) is 0.292. The summed E-state index contributed by atoms with van der Waals surface area (Å²) in [4.78, 5) is 25.1. The van der Waals surface area contributed by atoms with Gasteiger partial charge in [0, 0.05) is 6.54 Å². The van der Waals surface area contributed by atoms with Crippen LogP contribution in [0, 0.1) is 6.92 Å². The Morgan fingerprint density at radius 1 is 1.18 bits per heavy atom. The molecule has 2 atom stereocenters. The first-order chi connectivity index (χ1) is 12.9. The Labute approximate surface area is 167 Å². The maximum Gasteiger partial charge on any atom is 0.328 e. The lowest BCUT2D eigenvalue weighted by Crippen LogP contribution is -2.54. The summed E-state index contributed by atoms with van der Waals surface area (Å²) in [6, 6.07) is 4.87. The van der Waals surface area contributed by atoms with Gasteiger partial charge in [0.2, 0.25) is 15.9 Å². The second-order valence-corrected chi connectivity index (χ2v) is 10.1. The van der Waals surface area contributed by atoms with E-state index in [1.807, 2.05) is 6.92 Å². The van der Waals surface area contributed by atoms with Crippen LogP contribution in [0.3, 0.4) is 0 Å². The summed E-state index contributed by atoms with van der Waals surface area (Å²) >= 11 is 0. The van der Waals surface area contributed by atoms with E-state index >= 15 is 0 Å². The Balaban J connectivity index is 2.17. The molecule has 1 aromatic rings. The van der Waals surface area contributed by atoms with Gasteiger partial charge in [0.1, 0.15) is 17.7 Å². The molecule has 8 heteroatoms. The highest BCUT2D eigenvalue weighted by Crippen LogP contribution is 2.26. The van der Waals surface area contributed by atoms with E-state index in [4.69, 9.17) is 4.74 Å². The molecule has 1 aromatic carbocycles. The van der Waals surface area contributed by atoms with E-state index in [0.29, 0.717) is 12.8 Å². The van der Waals surface area contributed by atoms with Gasteiger partial charge in [0.15, 0.2) is 0 Å². The summed E-state index contributed by atoms with van der Waals surface area (Å²) < 4.78 is 32.7. The van der Waals surface area contributed by atoms with Crippen LogP contribution in [0.2, 0.25) is 0 Å². The number of nitrogens with zero attached hydrogens (tertiary/aromatic N) is 1. The summed E-state index contributed by atoms with van der Waals surface area (Å²) in [6.45, 7) is 8.93. The molecule has 28 heavy (non-hydrogen) atoms. The van der Waals surface area contributed by atoms with E-state index in [1.54, 1.807) is 45.0 Å². The van der Waals surface area contributed by atoms with E-state index in [-0.39, 0.29) is 11.4 Å². The zero-order valence-electron chi connectivity index (χ0n) is 17.2. The zero-order valence-corrected chi connectivity index (χ0v) is 18.0. The largest absolute Gasteiger partial charge is 0.458 e. The van der Waals surface area contributed by atoms with E-state index < -0.39 is 39.6 Å². The molecule has 0 saturated carbocycles. The van der Waals surface area contributed by atoms with Gasteiger partial charge in [-0.3, -0.25) is 4.79 Å². The molecule has 1 heterocycles. The predicted molar refractivity (Wildman–Crippen MR) is 106 cm³/mol. The number of sulfonamides is 1. The first-order valence-corrected chi connectivity index (χ1v) is 11.0. The Bertz CT molecular complexity index is 812. The molecule has 0 unspecified atom stereocenters. The zero-order chi connectivity index (χ0) is 21.1. The summed E-state index contributed by atoms with van der Waals surface area (Å²) in [7, 11) is -3.80. The minimum Gasteiger partial charge on any atom is -0.458 e. The van der Waals surface area contributed by atoms with E-state index in [2.05, 4.69) is 5.32 Å². The number of rotatable bonds is 5. The predicted octanol–water partition coefficient (Wildman–Crippen LogP) is 2.38. The second kappa shape index (κ2) is 8.61. The first kappa shape index (κ1) is 22.4. The highest BCUT2D eigenvalue weighted by atomic mass is 32.2. The van der Waals surface area contributed by atoms with Crippen molar-refractivity contribution in [1.82, 2.24) is 9.62 Å². The highest BCUT2D eigenvalue weighted by Gasteiger charge is 2.38. The van der Waals surface area contributed by atoms with Crippen LogP contribution in [0.25, 0.3) is 0 Å². The molecule has 1 amide bonds. The number of esters is 1. The SMILES string of the molecule is Cc1ccc(S(=O)(=O)N2CCCC[C@@H]2C(=O)N[C@H](C)C(=O)OC(C)(C)C)cc1. The molecule has 0 aromatic heterocycles. The third-order valence-electron chi connectivity index (χ3n) is 4.50. The van der Waals surface area contributed by atoms with Crippen molar-refractivity contribution in [1.29, 1.82) is 0 Å². The van der Waals surface area contributed by atoms with Crippen molar-refractivity contribution in [3.63, 3.8) is 0 Å². The molecule has 0 spiro atoms. The van der Waals surface area contributed by atoms with Crippen LogP contribution in [0.5, 0.6) is 0 Å². The molecule has 0 aliphatic carbocycles. The van der Waals surface area contributed by atoms with Crippen molar-refractivity contribution >= 4 is 21.9 Å². The van der Waals surface area contributed by atoms with Crippen LogP contribution < -0.4 is 5.32 Å². The summed E-state index contributed by atoms with van der Waals surface area (Å²) in [5.74, 6) is -1.03. The molecule has 0 radical (unpaired) electrons. The Hall–Kier alpha value is -1.93. The number of hydrogen-bond acceptors (Lipinski definition) is 5.